The molecule has 5 nitrogen and oxygen atoms in total. The van der Waals surface area contributed by atoms with Crippen LogP contribution in [0.5, 0.6) is 0 Å². The Morgan fingerprint density at radius 3 is 2.68 bits per heavy atom. The second-order valence-corrected chi connectivity index (χ2v) is 4.00. The second kappa shape index (κ2) is 5.23. The van der Waals surface area contributed by atoms with Gasteiger partial charge in [-0.2, -0.15) is 0 Å². The maximum atomic E-state index is 13.4. The van der Waals surface area contributed by atoms with Gasteiger partial charge in [0.2, 0.25) is 0 Å². The molecule has 0 bridgehead atoms. The van der Waals surface area contributed by atoms with Crippen LogP contribution in [0.1, 0.15) is 5.76 Å². The summed E-state index contributed by atoms with van der Waals surface area (Å²) in [5.41, 5.74) is -0.0953. The number of hydrogen-bond donors (Lipinski definition) is 1. The number of rotatable bonds is 4. The minimum Gasteiger partial charge on any atom is -0.404 e. The fraction of sp³-hybridized carbons (Fsp3) is 0.0909. The predicted octanol–water partition coefficient (Wildman–Crippen LogP) is 3.73. The Morgan fingerprint density at radius 1 is 1.37 bits per heavy atom. The summed E-state index contributed by atoms with van der Waals surface area (Å²) in [6.07, 6.45) is 0. The third-order valence-corrected chi connectivity index (χ3v) is 2.57. The monoisotopic (exact) mass is 288 g/mol. The molecule has 1 aromatic carbocycles. The van der Waals surface area contributed by atoms with Crippen molar-refractivity contribution in [2.75, 3.05) is 5.32 Å². The second-order valence-electron chi connectivity index (χ2n) is 3.60. The summed E-state index contributed by atoms with van der Waals surface area (Å²) in [5, 5.41) is 12.9. The third-order valence-electron chi connectivity index (χ3n) is 2.27. The van der Waals surface area contributed by atoms with E-state index in [1.54, 1.807) is 0 Å². The minimum absolute atomic E-state index is 0.0177. The van der Waals surface area contributed by atoms with Crippen LogP contribution in [-0.4, -0.2) is 4.92 Å². The van der Waals surface area contributed by atoms with Crippen molar-refractivity contribution in [2.45, 2.75) is 6.54 Å². The molecule has 0 spiro atoms. The van der Waals surface area contributed by atoms with E-state index in [9.17, 15) is 18.9 Å². The average molecular weight is 289 g/mol. The van der Waals surface area contributed by atoms with Crippen LogP contribution in [-0.2, 0) is 6.54 Å². The molecule has 19 heavy (non-hydrogen) atoms. The fourth-order valence-corrected chi connectivity index (χ4v) is 1.71. The lowest BCUT2D eigenvalue weighted by atomic mass is 10.3. The summed E-state index contributed by atoms with van der Waals surface area (Å²) in [4.78, 5) is 9.72. The summed E-state index contributed by atoms with van der Waals surface area (Å²) < 4.78 is 31.1. The highest BCUT2D eigenvalue weighted by Crippen LogP contribution is 2.27. The van der Waals surface area contributed by atoms with Gasteiger partial charge in [0.1, 0.15) is 16.5 Å². The van der Waals surface area contributed by atoms with Gasteiger partial charge >= 0.3 is 5.88 Å². The number of furan rings is 1. The highest BCUT2D eigenvalue weighted by molar-refractivity contribution is 6.33. The number of hydrogen-bond acceptors (Lipinski definition) is 4. The third kappa shape index (κ3) is 3.00. The maximum Gasteiger partial charge on any atom is 0.433 e. The molecule has 8 heteroatoms. The van der Waals surface area contributed by atoms with Crippen LogP contribution < -0.4 is 5.32 Å². The Hall–Kier alpha value is -2.15. The zero-order valence-corrected chi connectivity index (χ0v) is 10.1. The van der Waals surface area contributed by atoms with E-state index >= 15 is 0 Å². The predicted molar refractivity (Wildman–Crippen MR) is 64.1 cm³/mol. The maximum absolute atomic E-state index is 13.4. The van der Waals surface area contributed by atoms with Crippen LogP contribution in [0.3, 0.4) is 0 Å². The smallest absolute Gasteiger partial charge is 0.404 e. The highest BCUT2D eigenvalue weighted by atomic mass is 35.5. The van der Waals surface area contributed by atoms with Gasteiger partial charge in [-0.3, -0.25) is 10.1 Å². The molecule has 0 saturated heterocycles. The van der Waals surface area contributed by atoms with Gasteiger partial charge in [0, 0.05) is 6.07 Å². The molecule has 0 unspecified atom stereocenters. The van der Waals surface area contributed by atoms with Gasteiger partial charge < -0.3 is 9.73 Å². The van der Waals surface area contributed by atoms with Crippen molar-refractivity contribution in [2.24, 2.45) is 0 Å². The summed E-state index contributed by atoms with van der Waals surface area (Å²) in [6.45, 7) is -0.0177. The van der Waals surface area contributed by atoms with Crippen molar-refractivity contribution in [3.8, 4) is 0 Å². The van der Waals surface area contributed by atoms with Crippen LogP contribution in [0, 0.1) is 21.7 Å². The first-order valence-electron chi connectivity index (χ1n) is 5.09. The number of anilines is 1. The van der Waals surface area contributed by atoms with Crippen molar-refractivity contribution < 1.29 is 18.1 Å². The van der Waals surface area contributed by atoms with Gasteiger partial charge in [0.15, 0.2) is 5.82 Å². The van der Waals surface area contributed by atoms with Gasteiger partial charge in [0.25, 0.3) is 0 Å². The number of nitro groups is 1. The van der Waals surface area contributed by atoms with Gasteiger partial charge in [0.05, 0.1) is 23.3 Å². The topological polar surface area (TPSA) is 68.3 Å². The molecule has 2 rings (SSSR count). The molecule has 0 fully saturated rings. The summed E-state index contributed by atoms with van der Waals surface area (Å²) in [5.74, 6) is -1.83. The SMILES string of the molecule is O=[N+]([O-])c1ccc(CNc2c(F)cc(F)cc2Cl)o1. The lowest BCUT2D eigenvalue weighted by Crippen LogP contribution is -2.02. The summed E-state index contributed by atoms with van der Waals surface area (Å²) in [6, 6.07) is 4.19. The van der Waals surface area contributed by atoms with Crippen molar-refractivity contribution >= 4 is 23.2 Å². The van der Waals surface area contributed by atoms with E-state index in [1.807, 2.05) is 0 Å². The lowest BCUT2D eigenvalue weighted by molar-refractivity contribution is -0.402. The van der Waals surface area contributed by atoms with Crippen molar-refractivity contribution in [3.05, 3.63) is 56.8 Å². The number of halogens is 3. The Kier molecular flexibility index (Phi) is 3.66. The van der Waals surface area contributed by atoms with E-state index in [-0.39, 0.29) is 23.0 Å². The molecule has 0 aliphatic carbocycles. The molecule has 0 amide bonds. The molecule has 1 N–H and O–H groups in total. The molecular weight excluding hydrogens is 282 g/mol. The van der Waals surface area contributed by atoms with Crippen molar-refractivity contribution in [1.82, 2.24) is 0 Å². The fourth-order valence-electron chi connectivity index (χ4n) is 1.45. The van der Waals surface area contributed by atoms with E-state index in [4.69, 9.17) is 16.0 Å². The molecule has 0 radical (unpaired) electrons. The molecule has 1 aromatic heterocycles. The molecule has 100 valence electrons. The zero-order chi connectivity index (χ0) is 14.0. The van der Waals surface area contributed by atoms with E-state index in [2.05, 4.69) is 5.32 Å². The molecule has 1 heterocycles. The van der Waals surface area contributed by atoms with Crippen LogP contribution in [0.25, 0.3) is 0 Å². The first kappa shape index (κ1) is 13.3. The molecule has 0 aliphatic heterocycles. The average Bonchev–Trinajstić information content (AvgIpc) is 2.76. The lowest BCUT2D eigenvalue weighted by Gasteiger charge is -2.07. The first-order valence-corrected chi connectivity index (χ1v) is 5.46. The van der Waals surface area contributed by atoms with Crippen LogP contribution in [0.2, 0.25) is 5.02 Å². The first-order chi connectivity index (χ1) is 8.97. The Morgan fingerprint density at radius 2 is 2.11 bits per heavy atom. The summed E-state index contributed by atoms with van der Waals surface area (Å²) >= 11 is 5.68. The quantitative estimate of drug-likeness (QED) is 0.687. The molecule has 0 atom stereocenters. The number of nitrogens with one attached hydrogen (secondary N) is 1. The van der Waals surface area contributed by atoms with Gasteiger partial charge in [-0.05, 0) is 12.1 Å². The number of nitrogens with zero attached hydrogens (tertiary/aromatic N) is 1. The summed E-state index contributed by atoms with van der Waals surface area (Å²) in [7, 11) is 0. The van der Waals surface area contributed by atoms with E-state index in [0.29, 0.717) is 6.07 Å². The Balaban J connectivity index is 2.12. The highest BCUT2D eigenvalue weighted by Gasteiger charge is 2.13. The molecular formula is C11H7ClF2N2O3. The minimum atomic E-state index is -0.856. The largest absolute Gasteiger partial charge is 0.433 e. The van der Waals surface area contributed by atoms with E-state index in [0.717, 1.165) is 6.07 Å². The van der Waals surface area contributed by atoms with Gasteiger partial charge in [-0.1, -0.05) is 11.6 Å². The normalized spacial score (nSPS) is 10.5. The van der Waals surface area contributed by atoms with Crippen molar-refractivity contribution in [3.63, 3.8) is 0 Å². The van der Waals surface area contributed by atoms with Crippen molar-refractivity contribution in [1.29, 1.82) is 0 Å². The van der Waals surface area contributed by atoms with E-state index < -0.39 is 22.4 Å². The van der Waals surface area contributed by atoms with Crippen LogP contribution in [0.4, 0.5) is 20.4 Å². The molecule has 0 saturated carbocycles. The molecule has 2 aromatic rings. The zero-order valence-electron chi connectivity index (χ0n) is 9.32. The van der Waals surface area contributed by atoms with Gasteiger partial charge in [-0.25, -0.2) is 8.78 Å². The van der Waals surface area contributed by atoms with Crippen LogP contribution >= 0.6 is 11.6 Å². The molecule has 0 aliphatic rings. The Labute approximate surface area is 110 Å². The van der Waals surface area contributed by atoms with Crippen LogP contribution in [0.15, 0.2) is 28.7 Å². The Bertz CT molecular complexity index is 607. The number of benzene rings is 1. The van der Waals surface area contributed by atoms with Gasteiger partial charge in [-0.15, -0.1) is 0 Å². The standard InChI is InChI=1S/C11H7ClF2N2O3/c12-8-3-6(13)4-9(14)11(8)15-5-7-1-2-10(19-7)16(17)18/h1-4,15H,5H2. The van der Waals surface area contributed by atoms with E-state index in [1.165, 1.54) is 12.1 Å².